The van der Waals surface area contributed by atoms with Crippen molar-refractivity contribution in [2.75, 3.05) is 6.61 Å². The van der Waals surface area contributed by atoms with Gasteiger partial charge in [0.15, 0.2) is 5.69 Å². The Morgan fingerprint density at radius 3 is 3.06 bits per heavy atom. The zero-order valence-electron chi connectivity index (χ0n) is 9.24. The number of hydrogen-bond donors (Lipinski definition) is 1. The smallest absolute Gasteiger partial charge is 0.357 e. The van der Waals surface area contributed by atoms with Crippen molar-refractivity contribution < 1.29 is 9.53 Å². The van der Waals surface area contributed by atoms with Gasteiger partial charge < -0.3 is 9.72 Å². The van der Waals surface area contributed by atoms with Gasteiger partial charge in [-0.3, -0.25) is 0 Å². The molecule has 0 radical (unpaired) electrons. The molecule has 0 aliphatic carbocycles. The minimum absolute atomic E-state index is 0.343. The summed E-state index contributed by atoms with van der Waals surface area (Å²) in [5.41, 5.74) is 1.85. The Morgan fingerprint density at radius 1 is 1.53 bits per heavy atom. The molecule has 1 aromatic heterocycles. The fourth-order valence-corrected chi connectivity index (χ4v) is 1.91. The van der Waals surface area contributed by atoms with Crippen LogP contribution in [-0.2, 0) is 4.74 Å². The zero-order valence-corrected chi connectivity index (χ0v) is 10.8. The Hall–Kier alpha value is -1.62. The number of esters is 1. The molecule has 0 aliphatic rings. The van der Waals surface area contributed by atoms with Crippen LogP contribution in [0.3, 0.4) is 0 Å². The Bertz CT molecular complexity index is 537. The number of benzene rings is 1. The van der Waals surface area contributed by atoms with Crippen LogP contribution in [0.25, 0.3) is 11.3 Å². The van der Waals surface area contributed by atoms with Crippen molar-refractivity contribution >= 4 is 21.9 Å². The molecule has 0 atom stereocenters. The van der Waals surface area contributed by atoms with Gasteiger partial charge in [-0.15, -0.1) is 0 Å². The number of halogens is 1. The third-order valence-corrected chi connectivity index (χ3v) is 2.71. The van der Waals surface area contributed by atoms with Crippen LogP contribution in [0.5, 0.6) is 0 Å². The van der Waals surface area contributed by atoms with E-state index in [9.17, 15) is 4.79 Å². The van der Waals surface area contributed by atoms with Crippen molar-refractivity contribution in [3.63, 3.8) is 0 Å². The molecular weight excluding hydrogens is 284 g/mol. The Balaban J connectivity index is 2.40. The monoisotopic (exact) mass is 294 g/mol. The Kier molecular flexibility index (Phi) is 3.58. The fourth-order valence-electron chi connectivity index (χ4n) is 1.51. The summed E-state index contributed by atoms with van der Waals surface area (Å²) < 4.78 is 5.89. The highest BCUT2D eigenvalue weighted by Crippen LogP contribution is 2.24. The van der Waals surface area contributed by atoms with Crippen molar-refractivity contribution in [3.05, 3.63) is 40.8 Å². The highest BCUT2D eigenvalue weighted by Gasteiger charge is 2.16. The molecule has 17 heavy (non-hydrogen) atoms. The second-order valence-corrected chi connectivity index (χ2v) is 4.27. The SMILES string of the molecule is CCOC(=O)c1[nH]cnc1-c1cccc(Br)c1. The Labute approximate surface area is 107 Å². The number of rotatable bonds is 3. The molecule has 2 aromatic rings. The summed E-state index contributed by atoms with van der Waals surface area (Å²) in [6, 6.07) is 7.60. The standard InChI is InChI=1S/C12H11BrN2O2/c1-2-17-12(16)11-10(14-7-15-11)8-4-3-5-9(13)6-8/h3-7H,2H2,1H3,(H,14,15). The molecule has 0 aliphatic heterocycles. The van der Waals surface area contributed by atoms with E-state index in [-0.39, 0.29) is 5.97 Å². The molecule has 1 heterocycles. The van der Waals surface area contributed by atoms with E-state index in [1.54, 1.807) is 6.92 Å². The molecule has 1 N–H and O–H groups in total. The summed E-state index contributed by atoms with van der Waals surface area (Å²) in [6.45, 7) is 2.11. The lowest BCUT2D eigenvalue weighted by atomic mass is 10.1. The van der Waals surface area contributed by atoms with Gasteiger partial charge in [0.2, 0.25) is 0 Å². The lowest BCUT2D eigenvalue weighted by Gasteiger charge is -2.03. The van der Waals surface area contributed by atoms with E-state index in [2.05, 4.69) is 25.9 Å². The van der Waals surface area contributed by atoms with Crippen LogP contribution in [-0.4, -0.2) is 22.5 Å². The largest absolute Gasteiger partial charge is 0.461 e. The first-order chi connectivity index (χ1) is 8.22. The minimum Gasteiger partial charge on any atom is -0.461 e. The van der Waals surface area contributed by atoms with E-state index in [4.69, 9.17) is 4.74 Å². The number of ether oxygens (including phenoxy) is 1. The van der Waals surface area contributed by atoms with E-state index in [1.165, 1.54) is 6.33 Å². The summed E-state index contributed by atoms with van der Waals surface area (Å²) >= 11 is 3.39. The summed E-state index contributed by atoms with van der Waals surface area (Å²) in [7, 11) is 0. The van der Waals surface area contributed by atoms with Crippen LogP contribution in [0, 0.1) is 0 Å². The molecule has 0 fully saturated rings. The summed E-state index contributed by atoms with van der Waals surface area (Å²) in [5.74, 6) is -0.389. The highest BCUT2D eigenvalue weighted by atomic mass is 79.9. The molecule has 4 nitrogen and oxygen atoms in total. The number of aromatic nitrogens is 2. The number of carbonyl (C=O) groups excluding carboxylic acids is 1. The van der Waals surface area contributed by atoms with E-state index < -0.39 is 0 Å². The van der Waals surface area contributed by atoms with E-state index >= 15 is 0 Å². The molecule has 5 heteroatoms. The maximum absolute atomic E-state index is 11.7. The molecule has 0 unspecified atom stereocenters. The van der Waals surface area contributed by atoms with Crippen molar-refractivity contribution in [2.45, 2.75) is 6.92 Å². The number of hydrogen-bond acceptors (Lipinski definition) is 3. The van der Waals surface area contributed by atoms with Crippen LogP contribution in [0.1, 0.15) is 17.4 Å². The normalized spacial score (nSPS) is 10.2. The molecule has 1 aromatic carbocycles. The highest BCUT2D eigenvalue weighted by molar-refractivity contribution is 9.10. The average Bonchev–Trinajstić information content (AvgIpc) is 2.78. The molecule has 0 amide bonds. The van der Waals surface area contributed by atoms with E-state index in [1.807, 2.05) is 24.3 Å². The first-order valence-corrected chi connectivity index (χ1v) is 5.98. The summed E-state index contributed by atoms with van der Waals surface area (Å²) in [5, 5.41) is 0. The molecule has 0 spiro atoms. The first kappa shape index (κ1) is 11.9. The summed E-state index contributed by atoms with van der Waals surface area (Å²) in [4.78, 5) is 18.6. The van der Waals surface area contributed by atoms with Gasteiger partial charge in [0, 0.05) is 10.0 Å². The van der Waals surface area contributed by atoms with Gasteiger partial charge in [-0.05, 0) is 19.1 Å². The number of nitrogens with one attached hydrogen (secondary N) is 1. The van der Waals surface area contributed by atoms with Gasteiger partial charge >= 0.3 is 5.97 Å². The predicted octanol–water partition coefficient (Wildman–Crippen LogP) is 3.02. The fraction of sp³-hybridized carbons (Fsp3) is 0.167. The minimum atomic E-state index is -0.389. The Morgan fingerprint density at radius 2 is 2.35 bits per heavy atom. The van der Waals surface area contributed by atoms with Gasteiger partial charge in [-0.25, -0.2) is 9.78 Å². The van der Waals surface area contributed by atoms with Crippen LogP contribution in [0.2, 0.25) is 0 Å². The lowest BCUT2D eigenvalue weighted by molar-refractivity contribution is 0.0521. The van der Waals surface area contributed by atoms with Crippen LogP contribution < -0.4 is 0 Å². The van der Waals surface area contributed by atoms with Gasteiger partial charge in [0.1, 0.15) is 5.69 Å². The molecule has 2 rings (SSSR count). The number of nitrogens with zero attached hydrogens (tertiary/aromatic N) is 1. The lowest BCUT2D eigenvalue weighted by Crippen LogP contribution is -2.06. The van der Waals surface area contributed by atoms with Gasteiger partial charge in [0.25, 0.3) is 0 Å². The second-order valence-electron chi connectivity index (χ2n) is 3.36. The maximum atomic E-state index is 11.7. The van der Waals surface area contributed by atoms with Crippen LogP contribution >= 0.6 is 15.9 Å². The van der Waals surface area contributed by atoms with Crippen molar-refractivity contribution in [1.29, 1.82) is 0 Å². The first-order valence-electron chi connectivity index (χ1n) is 5.18. The molecule has 88 valence electrons. The molecular formula is C12H11BrN2O2. The summed E-state index contributed by atoms with van der Waals surface area (Å²) in [6.07, 6.45) is 1.49. The van der Waals surface area contributed by atoms with Crippen molar-refractivity contribution in [1.82, 2.24) is 9.97 Å². The maximum Gasteiger partial charge on any atom is 0.357 e. The van der Waals surface area contributed by atoms with Gasteiger partial charge in [0.05, 0.1) is 12.9 Å². The molecule has 0 bridgehead atoms. The number of imidazole rings is 1. The predicted molar refractivity (Wildman–Crippen MR) is 67.7 cm³/mol. The number of carbonyl (C=O) groups is 1. The zero-order chi connectivity index (χ0) is 12.3. The second kappa shape index (κ2) is 5.14. The third kappa shape index (κ3) is 2.55. The van der Waals surface area contributed by atoms with Gasteiger partial charge in [-0.1, -0.05) is 28.1 Å². The van der Waals surface area contributed by atoms with Gasteiger partial charge in [-0.2, -0.15) is 0 Å². The van der Waals surface area contributed by atoms with Crippen molar-refractivity contribution in [2.24, 2.45) is 0 Å². The third-order valence-electron chi connectivity index (χ3n) is 2.22. The van der Waals surface area contributed by atoms with Crippen LogP contribution in [0.4, 0.5) is 0 Å². The quantitative estimate of drug-likeness (QED) is 0.886. The number of H-pyrrole nitrogens is 1. The average molecular weight is 295 g/mol. The molecule has 0 saturated carbocycles. The van der Waals surface area contributed by atoms with Crippen molar-refractivity contribution in [3.8, 4) is 11.3 Å². The van der Waals surface area contributed by atoms with E-state index in [0.717, 1.165) is 10.0 Å². The molecule has 0 saturated heterocycles. The topological polar surface area (TPSA) is 55.0 Å². The number of aromatic amines is 1. The van der Waals surface area contributed by atoms with Crippen LogP contribution in [0.15, 0.2) is 35.1 Å². The van der Waals surface area contributed by atoms with E-state index in [0.29, 0.717) is 18.0 Å².